The normalized spacial score (nSPS) is 14.2. The number of rotatable bonds is 7. The van der Waals surface area contributed by atoms with Crippen LogP contribution >= 0.6 is 11.6 Å². The molecule has 0 saturated heterocycles. The number of nitrogens with zero attached hydrogens (tertiary/aromatic N) is 1. The van der Waals surface area contributed by atoms with E-state index in [0.717, 1.165) is 42.0 Å². The molecule has 0 bridgehead atoms. The molecular weight excluding hydrogens is 260 g/mol. The summed E-state index contributed by atoms with van der Waals surface area (Å²) in [4.78, 5) is 4.51. The summed E-state index contributed by atoms with van der Waals surface area (Å²) in [6.45, 7) is 9.19. The van der Waals surface area contributed by atoms with E-state index in [4.69, 9.17) is 16.3 Å². The molecule has 1 aromatic heterocycles. The van der Waals surface area contributed by atoms with Gasteiger partial charge in [-0.05, 0) is 33.6 Å². The summed E-state index contributed by atoms with van der Waals surface area (Å²) in [5, 5.41) is 3.57. The smallest absolute Gasteiger partial charge is 0.128 e. The van der Waals surface area contributed by atoms with Gasteiger partial charge in [0.15, 0.2) is 0 Å². The highest BCUT2D eigenvalue weighted by molar-refractivity contribution is 6.17. The highest BCUT2D eigenvalue weighted by atomic mass is 35.5. The lowest BCUT2D eigenvalue weighted by atomic mass is 9.95. The van der Waals surface area contributed by atoms with Crippen molar-refractivity contribution >= 4 is 11.6 Å². The van der Waals surface area contributed by atoms with Gasteiger partial charge in [-0.1, -0.05) is 6.92 Å². The van der Waals surface area contributed by atoms with Crippen LogP contribution in [0, 0.1) is 13.8 Å². The summed E-state index contributed by atoms with van der Waals surface area (Å²) in [6, 6.07) is 0. The molecule has 1 heterocycles. The number of aryl methyl sites for hydroxylation is 1. The van der Waals surface area contributed by atoms with Gasteiger partial charge in [0.25, 0.3) is 0 Å². The number of aromatic nitrogens is 1. The van der Waals surface area contributed by atoms with Crippen LogP contribution in [0.4, 0.5) is 0 Å². The maximum absolute atomic E-state index is 5.87. The van der Waals surface area contributed by atoms with Crippen molar-refractivity contribution in [3.63, 3.8) is 0 Å². The average molecular weight is 285 g/mol. The number of nitrogens with one attached hydrogen (secondary N) is 1. The first kappa shape index (κ1) is 16.3. The summed E-state index contributed by atoms with van der Waals surface area (Å²) >= 11 is 5.87. The first-order valence-corrected chi connectivity index (χ1v) is 7.31. The van der Waals surface area contributed by atoms with Crippen molar-refractivity contribution in [3.8, 4) is 5.75 Å². The lowest BCUT2D eigenvalue weighted by Crippen LogP contribution is -2.41. The maximum Gasteiger partial charge on any atom is 0.128 e. The Bertz CT molecular complexity index is 423. The Morgan fingerprint density at radius 1 is 1.42 bits per heavy atom. The van der Waals surface area contributed by atoms with Crippen molar-refractivity contribution in [2.24, 2.45) is 0 Å². The predicted octanol–water partition coefficient (Wildman–Crippen LogP) is 3.59. The minimum Gasteiger partial charge on any atom is -0.496 e. The van der Waals surface area contributed by atoms with Crippen LogP contribution in [0.5, 0.6) is 5.75 Å². The van der Waals surface area contributed by atoms with E-state index in [1.54, 1.807) is 7.11 Å². The van der Waals surface area contributed by atoms with Crippen molar-refractivity contribution in [2.45, 2.75) is 52.6 Å². The average Bonchev–Trinajstić information content (AvgIpc) is 2.39. The van der Waals surface area contributed by atoms with E-state index in [1.165, 1.54) is 0 Å². The van der Waals surface area contributed by atoms with Crippen molar-refractivity contribution in [1.29, 1.82) is 0 Å². The zero-order valence-electron chi connectivity index (χ0n) is 12.6. The molecule has 0 aliphatic carbocycles. The van der Waals surface area contributed by atoms with Gasteiger partial charge < -0.3 is 10.1 Å². The van der Waals surface area contributed by atoms with E-state index >= 15 is 0 Å². The maximum atomic E-state index is 5.87. The molecule has 0 amide bonds. The quantitative estimate of drug-likeness (QED) is 0.777. The first-order valence-electron chi connectivity index (χ1n) is 6.77. The molecular formula is C15H25ClN2O. The fourth-order valence-corrected chi connectivity index (χ4v) is 2.56. The number of pyridine rings is 1. The molecule has 1 unspecified atom stereocenters. The molecule has 0 saturated carbocycles. The van der Waals surface area contributed by atoms with Crippen LogP contribution in [0.3, 0.4) is 0 Å². The highest BCUT2D eigenvalue weighted by Gasteiger charge is 2.21. The zero-order chi connectivity index (χ0) is 14.5. The van der Waals surface area contributed by atoms with Gasteiger partial charge in [-0.3, -0.25) is 4.98 Å². The molecule has 1 atom stereocenters. The first-order chi connectivity index (χ1) is 8.97. The van der Waals surface area contributed by atoms with Crippen LogP contribution in [0.2, 0.25) is 0 Å². The molecule has 3 nitrogen and oxygen atoms in total. The van der Waals surface area contributed by atoms with Crippen LogP contribution in [0.25, 0.3) is 0 Å². The lowest BCUT2D eigenvalue weighted by Gasteiger charge is -2.29. The monoisotopic (exact) mass is 284 g/mol. The third-order valence-electron chi connectivity index (χ3n) is 3.86. The van der Waals surface area contributed by atoms with Crippen LogP contribution in [-0.2, 0) is 6.54 Å². The standard InChI is InChI=1S/C15H25ClN2O/c1-6-15(4,7-8-16)18-10-13-12(3)14(19-5)11(2)9-17-13/h9,18H,6-8,10H2,1-5H3. The summed E-state index contributed by atoms with van der Waals surface area (Å²) < 4.78 is 5.43. The number of methoxy groups -OCH3 is 1. The topological polar surface area (TPSA) is 34.2 Å². The van der Waals surface area contributed by atoms with Gasteiger partial charge >= 0.3 is 0 Å². The molecule has 0 aliphatic heterocycles. The van der Waals surface area contributed by atoms with Crippen molar-refractivity contribution in [3.05, 3.63) is 23.0 Å². The molecule has 0 aromatic carbocycles. The summed E-state index contributed by atoms with van der Waals surface area (Å²) in [7, 11) is 1.70. The number of halogens is 1. The van der Waals surface area contributed by atoms with E-state index in [-0.39, 0.29) is 5.54 Å². The van der Waals surface area contributed by atoms with Gasteiger partial charge in [0.2, 0.25) is 0 Å². The van der Waals surface area contributed by atoms with Crippen LogP contribution in [-0.4, -0.2) is 23.5 Å². The van der Waals surface area contributed by atoms with E-state index in [2.05, 4.69) is 31.1 Å². The van der Waals surface area contributed by atoms with E-state index < -0.39 is 0 Å². The Labute approximate surface area is 121 Å². The summed E-state index contributed by atoms with van der Waals surface area (Å²) in [6.07, 6.45) is 3.86. The number of hydrogen-bond acceptors (Lipinski definition) is 3. The molecule has 0 radical (unpaired) electrons. The summed E-state index contributed by atoms with van der Waals surface area (Å²) in [5.74, 6) is 1.60. The second-order valence-electron chi connectivity index (χ2n) is 5.25. The van der Waals surface area contributed by atoms with E-state index in [0.29, 0.717) is 5.88 Å². The molecule has 0 fully saturated rings. The highest BCUT2D eigenvalue weighted by Crippen LogP contribution is 2.24. The van der Waals surface area contributed by atoms with E-state index in [9.17, 15) is 0 Å². The van der Waals surface area contributed by atoms with Gasteiger partial charge in [0, 0.05) is 35.3 Å². The largest absolute Gasteiger partial charge is 0.496 e. The molecule has 4 heteroatoms. The lowest BCUT2D eigenvalue weighted by molar-refractivity contribution is 0.328. The predicted molar refractivity (Wildman–Crippen MR) is 81.1 cm³/mol. The molecule has 0 spiro atoms. The molecule has 1 rings (SSSR count). The third-order valence-corrected chi connectivity index (χ3v) is 4.05. The van der Waals surface area contributed by atoms with Gasteiger partial charge in [-0.2, -0.15) is 0 Å². The molecule has 0 aliphatic rings. The fourth-order valence-electron chi connectivity index (χ4n) is 2.15. The van der Waals surface area contributed by atoms with Crippen molar-refractivity contribution < 1.29 is 4.74 Å². The Hall–Kier alpha value is -0.800. The molecule has 19 heavy (non-hydrogen) atoms. The van der Waals surface area contributed by atoms with Gasteiger partial charge in [-0.15, -0.1) is 11.6 Å². The second-order valence-corrected chi connectivity index (χ2v) is 5.63. The number of ether oxygens (including phenoxy) is 1. The second kappa shape index (κ2) is 7.11. The van der Waals surface area contributed by atoms with Gasteiger partial charge in [0.1, 0.15) is 5.75 Å². The van der Waals surface area contributed by atoms with Crippen LogP contribution in [0.1, 0.15) is 43.5 Å². The fraction of sp³-hybridized carbons (Fsp3) is 0.667. The SMILES string of the molecule is CCC(C)(CCCl)NCc1ncc(C)c(OC)c1C. The van der Waals surface area contributed by atoms with Crippen molar-refractivity contribution in [2.75, 3.05) is 13.0 Å². The van der Waals surface area contributed by atoms with E-state index in [1.807, 2.05) is 13.1 Å². The Kier molecular flexibility index (Phi) is 6.08. The van der Waals surface area contributed by atoms with Gasteiger partial charge in [-0.25, -0.2) is 0 Å². The Morgan fingerprint density at radius 2 is 2.11 bits per heavy atom. The molecule has 1 aromatic rings. The minimum absolute atomic E-state index is 0.0635. The van der Waals surface area contributed by atoms with Crippen LogP contribution < -0.4 is 10.1 Å². The molecule has 108 valence electrons. The third kappa shape index (κ3) is 4.08. The Balaban J connectivity index is 2.83. The molecule has 1 N–H and O–H groups in total. The minimum atomic E-state index is 0.0635. The number of hydrogen-bond donors (Lipinski definition) is 1. The van der Waals surface area contributed by atoms with Gasteiger partial charge in [0.05, 0.1) is 12.8 Å². The zero-order valence-corrected chi connectivity index (χ0v) is 13.4. The van der Waals surface area contributed by atoms with Crippen LogP contribution in [0.15, 0.2) is 6.20 Å². The van der Waals surface area contributed by atoms with Crippen molar-refractivity contribution in [1.82, 2.24) is 10.3 Å². The Morgan fingerprint density at radius 3 is 2.63 bits per heavy atom. The number of alkyl halides is 1. The summed E-state index contributed by atoms with van der Waals surface area (Å²) in [5.41, 5.74) is 3.28.